The quantitative estimate of drug-likeness (QED) is 0.712. The second-order valence-electron chi connectivity index (χ2n) is 5.40. The van der Waals surface area contributed by atoms with Crippen molar-refractivity contribution in [3.8, 4) is 0 Å². The van der Waals surface area contributed by atoms with Gasteiger partial charge < -0.3 is 0 Å². The lowest BCUT2D eigenvalue weighted by atomic mass is 9.81. The minimum absolute atomic E-state index is 0.271. The topological polar surface area (TPSA) is 17.1 Å². The molecule has 0 radical (unpaired) electrons. The van der Waals surface area contributed by atoms with E-state index in [4.69, 9.17) is 0 Å². The van der Waals surface area contributed by atoms with Gasteiger partial charge >= 0.3 is 0 Å². The van der Waals surface area contributed by atoms with Crippen molar-refractivity contribution in [2.24, 2.45) is 5.41 Å². The number of carbonyl (C=O) groups is 1. The summed E-state index contributed by atoms with van der Waals surface area (Å²) in [6.45, 7) is 3.93. The first-order valence-corrected chi connectivity index (χ1v) is 7.11. The Balaban J connectivity index is 2.07. The number of ketones is 1. The van der Waals surface area contributed by atoms with Crippen LogP contribution in [0.25, 0.3) is 0 Å². The van der Waals surface area contributed by atoms with Gasteiger partial charge in [-0.05, 0) is 62.0 Å². The summed E-state index contributed by atoms with van der Waals surface area (Å²) in [6.07, 6.45) is 7.66. The van der Waals surface area contributed by atoms with Crippen molar-refractivity contribution in [3.05, 3.63) is 20.9 Å². The van der Waals surface area contributed by atoms with Crippen LogP contribution in [0.3, 0.4) is 0 Å². The van der Waals surface area contributed by atoms with Crippen LogP contribution in [-0.4, -0.2) is 5.78 Å². The van der Waals surface area contributed by atoms with Gasteiger partial charge in [0, 0.05) is 4.88 Å². The molecule has 2 aliphatic rings. The highest BCUT2D eigenvalue weighted by Crippen LogP contribution is 2.56. The summed E-state index contributed by atoms with van der Waals surface area (Å²) in [5.41, 5.74) is 3.62. The highest BCUT2D eigenvalue weighted by Gasteiger charge is 2.46. The molecular weight excluding hydrogens is 216 g/mol. The van der Waals surface area contributed by atoms with Crippen LogP contribution in [0.5, 0.6) is 0 Å². The Hall–Kier alpha value is -0.630. The average molecular weight is 234 g/mol. The van der Waals surface area contributed by atoms with Gasteiger partial charge in [-0.3, -0.25) is 4.79 Å². The van der Waals surface area contributed by atoms with Crippen LogP contribution in [0.2, 0.25) is 0 Å². The molecule has 0 aliphatic heterocycles. The lowest BCUT2D eigenvalue weighted by Gasteiger charge is -2.23. The largest absolute Gasteiger partial charge is 0.294 e. The number of thiophene rings is 1. The fraction of sp³-hybridized carbons (Fsp3) is 0.643. The lowest BCUT2D eigenvalue weighted by Crippen LogP contribution is -2.15. The van der Waals surface area contributed by atoms with E-state index in [1.165, 1.54) is 36.1 Å². The highest BCUT2D eigenvalue weighted by atomic mass is 32.1. The zero-order valence-corrected chi connectivity index (χ0v) is 10.9. The van der Waals surface area contributed by atoms with Gasteiger partial charge in [0.1, 0.15) is 0 Å². The predicted octanol–water partition coefficient (Wildman–Crippen LogP) is 3.78. The number of carbonyl (C=O) groups excluding carboxylic acids is 1. The molecule has 1 saturated carbocycles. The summed E-state index contributed by atoms with van der Waals surface area (Å²) >= 11 is 1.76. The fourth-order valence-corrected chi connectivity index (χ4v) is 4.25. The molecule has 0 aromatic carbocycles. The number of rotatable bonds is 2. The van der Waals surface area contributed by atoms with Gasteiger partial charge in [-0.1, -0.05) is 6.92 Å². The van der Waals surface area contributed by atoms with Crippen LogP contribution in [0, 0.1) is 5.41 Å². The van der Waals surface area contributed by atoms with Crippen molar-refractivity contribution in [3.63, 3.8) is 0 Å². The Kier molecular flexibility index (Phi) is 2.25. The van der Waals surface area contributed by atoms with Crippen molar-refractivity contribution in [1.29, 1.82) is 0 Å². The van der Waals surface area contributed by atoms with Crippen LogP contribution in [0.4, 0.5) is 0 Å². The molecule has 16 heavy (non-hydrogen) atoms. The van der Waals surface area contributed by atoms with Gasteiger partial charge in [0.05, 0.1) is 4.88 Å². The summed E-state index contributed by atoms with van der Waals surface area (Å²) < 4.78 is 0. The van der Waals surface area contributed by atoms with Gasteiger partial charge in [-0.2, -0.15) is 0 Å². The summed E-state index contributed by atoms with van der Waals surface area (Å²) in [5.74, 6) is 0.271. The minimum atomic E-state index is 0.271. The standard InChI is InChI=1S/C14H18OS/c1-3-12-11-8-14(6-7-14)5-4-10(11)13(16-12)9(2)15/h3-8H2,1-2H3. The third-order valence-corrected chi connectivity index (χ3v) is 5.77. The van der Waals surface area contributed by atoms with Crippen LogP contribution in [0.15, 0.2) is 0 Å². The number of hydrogen-bond acceptors (Lipinski definition) is 2. The SMILES string of the molecule is CCc1sc(C(C)=O)c2c1CC1(CC2)CC1. The van der Waals surface area contributed by atoms with Crippen LogP contribution < -0.4 is 0 Å². The van der Waals surface area contributed by atoms with E-state index in [-0.39, 0.29) is 5.78 Å². The second kappa shape index (κ2) is 3.43. The molecule has 0 amide bonds. The van der Waals surface area contributed by atoms with E-state index in [0.29, 0.717) is 5.41 Å². The zero-order chi connectivity index (χ0) is 11.3. The van der Waals surface area contributed by atoms with Gasteiger partial charge in [0.2, 0.25) is 0 Å². The molecule has 1 aromatic heterocycles. The Bertz CT molecular complexity index is 452. The van der Waals surface area contributed by atoms with E-state index < -0.39 is 0 Å². The summed E-state index contributed by atoms with van der Waals surface area (Å²) in [5, 5.41) is 0. The van der Waals surface area contributed by atoms with E-state index in [0.717, 1.165) is 17.7 Å². The van der Waals surface area contributed by atoms with Crippen molar-refractivity contribution in [2.75, 3.05) is 0 Å². The summed E-state index contributed by atoms with van der Waals surface area (Å²) in [7, 11) is 0. The van der Waals surface area contributed by atoms with E-state index >= 15 is 0 Å². The van der Waals surface area contributed by atoms with Crippen molar-refractivity contribution < 1.29 is 4.79 Å². The number of fused-ring (bicyclic) bond motifs is 1. The van der Waals surface area contributed by atoms with E-state index in [9.17, 15) is 4.79 Å². The molecule has 0 saturated heterocycles. The number of hydrogen-bond donors (Lipinski definition) is 0. The maximum atomic E-state index is 11.6. The van der Waals surface area contributed by atoms with Gasteiger partial charge in [0.25, 0.3) is 0 Å². The number of aryl methyl sites for hydroxylation is 1. The Labute approximate surface area is 101 Å². The molecule has 1 aromatic rings. The van der Waals surface area contributed by atoms with Gasteiger partial charge in [0.15, 0.2) is 5.78 Å². The molecule has 2 aliphatic carbocycles. The predicted molar refractivity (Wildman–Crippen MR) is 67.4 cm³/mol. The van der Waals surface area contributed by atoms with E-state index in [1.807, 2.05) is 0 Å². The average Bonchev–Trinajstić information content (AvgIpc) is 2.90. The molecule has 3 rings (SSSR count). The maximum Gasteiger partial charge on any atom is 0.170 e. The second-order valence-corrected chi connectivity index (χ2v) is 6.50. The van der Waals surface area contributed by atoms with E-state index in [2.05, 4.69) is 6.92 Å². The lowest BCUT2D eigenvalue weighted by molar-refractivity contribution is 0.102. The molecule has 0 N–H and O–H groups in total. The van der Waals surface area contributed by atoms with Crippen LogP contribution in [0.1, 0.15) is 58.8 Å². The van der Waals surface area contributed by atoms with Crippen molar-refractivity contribution in [1.82, 2.24) is 0 Å². The Morgan fingerprint density at radius 1 is 1.31 bits per heavy atom. The van der Waals surface area contributed by atoms with Crippen molar-refractivity contribution in [2.45, 2.75) is 52.4 Å². The molecule has 1 fully saturated rings. The molecular formula is C14H18OS. The molecule has 0 unspecified atom stereocenters. The number of Topliss-reactive ketones (excluding diaryl/α,β-unsaturated/α-hetero) is 1. The van der Waals surface area contributed by atoms with Gasteiger partial charge in [-0.25, -0.2) is 0 Å². The molecule has 1 spiro atoms. The minimum Gasteiger partial charge on any atom is -0.294 e. The highest BCUT2D eigenvalue weighted by molar-refractivity contribution is 7.14. The van der Waals surface area contributed by atoms with Crippen LogP contribution >= 0.6 is 11.3 Å². The molecule has 2 heteroatoms. The Morgan fingerprint density at radius 3 is 2.62 bits per heavy atom. The van der Waals surface area contributed by atoms with Crippen LogP contribution in [-0.2, 0) is 19.3 Å². The summed E-state index contributed by atoms with van der Waals surface area (Å²) in [6, 6.07) is 0. The smallest absolute Gasteiger partial charge is 0.170 e. The monoisotopic (exact) mass is 234 g/mol. The molecule has 1 nitrogen and oxygen atoms in total. The first-order valence-electron chi connectivity index (χ1n) is 6.29. The zero-order valence-electron chi connectivity index (χ0n) is 10.1. The molecule has 0 atom stereocenters. The summed E-state index contributed by atoms with van der Waals surface area (Å²) in [4.78, 5) is 14.2. The molecule has 0 bridgehead atoms. The van der Waals surface area contributed by atoms with Crippen molar-refractivity contribution >= 4 is 17.1 Å². The van der Waals surface area contributed by atoms with E-state index in [1.54, 1.807) is 23.8 Å². The van der Waals surface area contributed by atoms with Gasteiger partial charge in [-0.15, -0.1) is 11.3 Å². The maximum absolute atomic E-state index is 11.6. The molecule has 86 valence electrons. The third kappa shape index (κ3) is 1.46. The Morgan fingerprint density at radius 2 is 2.06 bits per heavy atom. The third-order valence-electron chi connectivity index (χ3n) is 4.26. The normalized spacial score (nSPS) is 20.9. The first kappa shape index (κ1) is 10.5. The first-order chi connectivity index (χ1) is 7.65. The molecule has 1 heterocycles. The fourth-order valence-electron chi connectivity index (χ4n) is 3.05.